The zero-order chi connectivity index (χ0) is 19.7. The Balaban J connectivity index is 1.60. The molecule has 0 aliphatic carbocycles. The van der Waals surface area contributed by atoms with E-state index in [1.807, 2.05) is 12.1 Å². The van der Waals surface area contributed by atoms with Crippen LogP contribution >= 0.6 is 0 Å². The van der Waals surface area contributed by atoms with Crippen LogP contribution in [-0.2, 0) is 12.7 Å². The lowest BCUT2D eigenvalue weighted by molar-refractivity contribution is -0.137. The van der Waals surface area contributed by atoms with E-state index < -0.39 is 11.7 Å². The van der Waals surface area contributed by atoms with Crippen molar-refractivity contribution in [1.82, 2.24) is 9.61 Å². The SMILES string of the molecule is Fc1ccc(CNc2ccn3ncc(-c4ccc(C(F)(F)F)cc4)c3c2)cc1. The third kappa shape index (κ3) is 3.69. The van der Waals surface area contributed by atoms with Gasteiger partial charge >= 0.3 is 6.18 Å². The third-order valence-electron chi connectivity index (χ3n) is 4.45. The van der Waals surface area contributed by atoms with Gasteiger partial charge in [-0.25, -0.2) is 8.91 Å². The first-order valence-electron chi connectivity index (χ1n) is 8.53. The number of nitrogens with one attached hydrogen (secondary N) is 1. The van der Waals surface area contributed by atoms with Crippen LogP contribution in [0.15, 0.2) is 73.1 Å². The van der Waals surface area contributed by atoms with Crippen LogP contribution in [0.4, 0.5) is 23.2 Å². The lowest BCUT2D eigenvalue weighted by atomic mass is 10.0. The number of anilines is 1. The largest absolute Gasteiger partial charge is 0.416 e. The van der Waals surface area contributed by atoms with E-state index in [9.17, 15) is 17.6 Å². The molecule has 0 spiro atoms. The van der Waals surface area contributed by atoms with Gasteiger partial charge in [-0.3, -0.25) is 0 Å². The Morgan fingerprint density at radius 2 is 1.64 bits per heavy atom. The first kappa shape index (κ1) is 18.0. The fraction of sp³-hybridized carbons (Fsp3) is 0.0952. The molecule has 7 heteroatoms. The standard InChI is InChI=1S/C21H15F4N3/c22-17-7-1-14(2-8-17)12-26-18-9-10-28-20(11-18)19(13-27-28)15-3-5-16(6-4-15)21(23,24)25/h1-11,13,26H,12H2. The smallest absolute Gasteiger partial charge is 0.381 e. The van der Waals surface area contributed by atoms with Gasteiger partial charge in [0, 0.05) is 24.0 Å². The van der Waals surface area contributed by atoms with Crippen molar-refractivity contribution >= 4 is 11.2 Å². The van der Waals surface area contributed by atoms with Crippen LogP contribution in [0.5, 0.6) is 0 Å². The zero-order valence-corrected chi connectivity index (χ0v) is 14.5. The molecule has 0 fully saturated rings. The summed E-state index contributed by atoms with van der Waals surface area (Å²) in [7, 11) is 0. The Morgan fingerprint density at radius 3 is 2.32 bits per heavy atom. The molecule has 2 heterocycles. The van der Waals surface area contributed by atoms with Crippen LogP contribution < -0.4 is 5.32 Å². The number of rotatable bonds is 4. The average Bonchev–Trinajstić information content (AvgIpc) is 3.10. The molecule has 0 radical (unpaired) electrons. The molecule has 1 N–H and O–H groups in total. The van der Waals surface area contributed by atoms with E-state index in [0.717, 1.165) is 34.5 Å². The van der Waals surface area contributed by atoms with Gasteiger partial charge in [0.15, 0.2) is 0 Å². The summed E-state index contributed by atoms with van der Waals surface area (Å²) in [5.41, 5.74) is 3.22. The van der Waals surface area contributed by atoms with Crippen molar-refractivity contribution in [2.75, 3.05) is 5.32 Å². The van der Waals surface area contributed by atoms with Crippen molar-refractivity contribution in [3.63, 3.8) is 0 Å². The van der Waals surface area contributed by atoms with Gasteiger partial charge in [0.25, 0.3) is 0 Å². The number of pyridine rings is 1. The van der Waals surface area contributed by atoms with Gasteiger partial charge in [0.1, 0.15) is 5.82 Å². The number of fused-ring (bicyclic) bond motifs is 1. The molecule has 4 rings (SSSR count). The quantitative estimate of drug-likeness (QED) is 0.452. The Hall–Kier alpha value is -3.35. The molecular formula is C21H15F4N3. The van der Waals surface area contributed by atoms with Gasteiger partial charge < -0.3 is 5.32 Å². The third-order valence-corrected chi connectivity index (χ3v) is 4.45. The summed E-state index contributed by atoms with van der Waals surface area (Å²) in [5, 5.41) is 7.52. The van der Waals surface area contributed by atoms with E-state index in [2.05, 4.69) is 10.4 Å². The lowest BCUT2D eigenvalue weighted by Gasteiger charge is -2.09. The number of hydrogen-bond donors (Lipinski definition) is 1. The van der Waals surface area contributed by atoms with Crippen LogP contribution in [0.1, 0.15) is 11.1 Å². The van der Waals surface area contributed by atoms with Crippen molar-refractivity contribution in [2.45, 2.75) is 12.7 Å². The van der Waals surface area contributed by atoms with Crippen LogP contribution in [-0.4, -0.2) is 9.61 Å². The summed E-state index contributed by atoms with van der Waals surface area (Å²) in [6.07, 6.45) is -0.964. The summed E-state index contributed by atoms with van der Waals surface area (Å²) < 4.78 is 53.0. The molecule has 0 atom stereocenters. The summed E-state index contributed by atoms with van der Waals surface area (Å²) in [6.45, 7) is 0.514. The summed E-state index contributed by atoms with van der Waals surface area (Å²) in [6, 6.07) is 15.0. The molecule has 2 aromatic carbocycles. The van der Waals surface area contributed by atoms with Gasteiger partial charge in [-0.05, 0) is 47.5 Å². The molecule has 142 valence electrons. The maximum absolute atomic E-state index is 13.0. The molecule has 0 bridgehead atoms. The Bertz CT molecular complexity index is 1100. The topological polar surface area (TPSA) is 29.3 Å². The van der Waals surface area contributed by atoms with Crippen molar-refractivity contribution in [2.24, 2.45) is 0 Å². The predicted molar refractivity (Wildman–Crippen MR) is 99.4 cm³/mol. The van der Waals surface area contributed by atoms with Crippen molar-refractivity contribution < 1.29 is 17.6 Å². The Morgan fingerprint density at radius 1 is 0.929 bits per heavy atom. The molecule has 2 aromatic heterocycles. The molecular weight excluding hydrogens is 370 g/mol. The minimum atomic E-state index is -4.36. The van der Waals surface area contributed by atoms with Gasteiger partial charge in [0.05, 0.1) is 17.3 Å². The van der Waals surface area contributed by atoms with Gasteiger partial charge in [-0.1, -0.05) is 24.3 Å². The van der Waals surface area contributed by atoms with E-state index in [0.29, 0.717) is 12.1 Å². The van der Waals surface area contributed by atoms with Crippen LogP contribution in [0.2, 0.25) is 0 Å². The van der Waals surface area contributed by atoms with Gasteiger partial charge in [-0.2, -0.15) is 18.3 Å². The molecule has 0 saturated heterocycles. The average molecular weight is 385 g/mol. The van der Waals surface area contributed by atoms with Gasteiger partial charge in [0.2, 0.25) is 0 Å². The fourth-order valence-corrected chi connectivity index (χ4v) is 2.96. The second-order valence-electron chi connectivity index (χ2n) is 6.36. The number of halogens is 4. The molecule has 0 aliphatic rings. The van der Waals surface area contributed by atoms with E-state index in [4.69, 9.17) is 0 Å². The second kappa shape index (κ2) is 6.99. The molecule has 0 unspecified atom stereocenters. The maximum atomic E-state index is 13.0. The van der Waals surface area contributed by atoms with Crippen molar-refractivity contribution in [1.29, 1.82) is 0 Å². The second-order valence-corrected chi connectivity index (χ2v) is 6.36. The number of benzene rings is 2. The predicted octanol–water partition coefficient (Wildman–Crippen LogP) is 5.77. The first-order valence-corrected chi connectivity index (χ1v) is 8.53. The van der Waals surface area contributed by atoms with E-state index in [1.165, 1.54) is 24.3 Å². The molecule has 3 nitrogen and oxygen atoms in total. The number of hydrogen-bond acceptors (Lipinski definition) is 2. The lowest BCUT2D eigenvalue weighted by Crippen LogP contribution is -2.04. The van der Waals surface area contributed by atoms with E-state index in [-0.39, 0.29) is 5.82 Å². The molecule has 0 saturated carbocycles. The molecule has 0 aliphatic heterocycles. The Kier molecular flexibility index (Phi) is 4.50. The highest BCUT2D eigenvalue weighted by molar-refractivity contribution is 5.81. The minimum Gasteiger partial charge on any atom is -0.381 e. The summed E-state index contributed by atoms with van der Waals surface area (Å²) >= 11 is 0. The maximum Gasteiger partial charge on any atom is 0.416 e. The fourth-order valence-electron chi connectivity index (χ4n) is 2.96. The summed E-state index contributed by atoms with van der Waals surface area (Å²) in [4.78, 5) is 0. The highest BCUT2D eigenvalue weighted by atomic mass is 19.4. The highest BCUT2D eigenvalue weighted by Gasteiger charge is 2.30. The first-order chi connectivity index (χ1) is 13.4. The van der Waals surface area contributed by atoms with Crippen LogP contribution in [0.25, 0.3) is 16.6 Å². The van der Waals surface area contributed by atoms with Crippen LogP contribution in [0, 0.1) is 5.82 Å². The van der Waals surface area contributed by atoms with Gasteiger partial charge in [-0.15, -0.1) is 0 Å². The molecule has 0 amide bonds. The number of aromatic nitrogens is 2. The number of alkyl halides is 3. The van der Waals surface area contributed by atoms with Crippen molar-refractivity contribution in [3.8, 4) is 11.1 Å². The minimum absolute atomic E-state index is 0.286. The van der Waals surface area contributed by atoms with E-state index >= 15 is 0 Å². The summed E-state index contributed by atoms with van der Waals surface area (Å²) in [5.74, 6) is -0.286. The highest BCUT2D eigenvalue weighted by Crippen LogP contribution is 2.32. The van der Waals surface area contributed by atoms with E-state index in [1.54, 1.807) is 29.0 Å². The van der Waals surface area contributed by atoms with Crippen molar-refractivity contribution in [3.05, 3.63) is 90.0 Å². The number of nitrogens with zero attached hydrogens (tertiary/aromatic N) is 2. The monoisotopic (exact) mass is 385 g/mol. The Labute approximate surface area is 158 Å². The van der Waals surface area contributed by atoms with Crippen LogP contribution in [0.3, 0.4) is 0 Å². The molecule has 28 heavy (non-hydrogen) atoms. The molecule has 4 aromatic rings. The normalized spacial score (nSPS) is 11.7. The zero-order valence-electron chi connectivity index (χ0n) is 14.5.